The minimum absolute atomic E-state index is 0.501. The van der Waals surface area contributed by atoms with Gasteiger partial charge in [0.05, 0.1) is 0 Å². The highest BCUT2D eigenvalue weighted by Crippen LogP contribution is 2.53. The Bertz CT molecular complexity index is 384. The van der Waals surface area contributed by atoms with Gasteiger partial charge in [0.1, 0.15) is 0 Å². The first-order valence-electron chi connectivity index (χ1n) is 8.55. The second-order valence-electron chi connectivity index (χ2n) is 7.74. The third-order valence-electron chi connectivity index (χ3n) is 6.22. The molecular formula is C19H30. The maximum absolute atomic E-state index is 2.56. The second-order valence-corrected chi connectivity index (χ2v) is 7.74. The number of hydrogen-bond acceptors (Lipinski definition) is 0. The van der Waals surface area contributed by atoms with E-state index in [4.69, 9.17) is 0 Å². The van der Waals surface area contributed by atoms with Gasteiger partial charge in [-0.2, -0.15) is 0 Å². The van der Waals surface area contributed by atoms with Crippen molar-refractivity contribution in [2.24, 2.45) is 10.8 Å². The van der Waals surface area contributed by atoms with Crippen molar-refractivity contribution < 1.29 is 0 Å². The lowest BCUT2D eigenvalue weighted by molar-refractivity contribution is 0.238. The summed E-state index contributed by atoms with van der Waals surface area (Å²) in [6.45, 7) is 5.10. The Hall–Kier alpha value is -0.520. The van der Waals surface area contributed by atoms with E-state index in [1.54, 1.807) is 5.57 Å². The van der Waals surface area contributed by atoms with E-state index in [-0.39, 0.29) is 0 Å². The van der Waals surface area contributed by atoms with Crippen molar-refractivity contribution in [3.63, 3.8) is 0 Å². The number of rotatable bonds is 2. The van der Waals surface area contributed by atoms with Crippen molar-refractivity contribution in [1.82, 2.24) is 0 Å². The van der Waals surface area contributed by atoms with Crippen LogP contribution in [0.1, 0.15) is 84.5 Å². The fourth-order valence-corrected chi connectivity index (χ4v) is 4.88. The first kappa shape index (κ1) is 13.5. The van der Waals surface area contributed by atoms with Gasteiger partial charge >= 0.3 is 0 Å². The molecule has 0 aromatic heterocycles. The third kappa shape index (κ3) is 2.43. The van der Waals surface area contributed by atoms with Crippen LogP contribution in [-0.2, 0) is 0 Å². The highest BCUT2D eigenvalue weighted by Gasteiger charge is 2.39. The van der Waals surface area contributed by atoms with Gasteiger partial charge in [0.15, 0.2) is 0 Å². The molecule has 3 rings (SSSR count). The van der Waals surface area contributed by atoms with Crippen LogP contribution in [0.2, 0.25) is 0 Å². The van der Waals surface area contributed by atoms with Gasteiger partial charge in [-0.1, -0.05) is 70.1 Å². The zero-order valence-electron chi connectivity index (χ0n) is 12.9. The van der Waals surface area contributed by atoms with Crippen LogP contribution in [0.5, 0.6) is 0 Å². The van der Waals surface area contributed by atoms with Crippen LogP contribution in [0, 0.1) is 10.8 Å². The van der Waals surface area contributed by atoms with Crippen LogP contribution in [0.15, 0.2) is 23.3 Å². The molecule has 2 saturated carbocycles. The predicted octanol–water partition coefficient (Wildman–Crippen LogP) is 6.18. The summed E-state index contributed by atoms with van der Waals surface area (Å²) in [5.41, 5.74) is 4.62. The third-order valence-corrected chi connectivity index (χ3v) is 6.22. The molecule has 0 atom stereocenters. The first-order chi connectivity index (χ1) is 9.14. The maximum atomic E-state index is 2.56. The summed E-state index contributed by atoms with van der Waals surface area (Å²) in [5.74, 6) is 0. The zero-order valence-corrected chi connectivity index (χ0v) is 12.9. The maximum Gasteiger partial charge on any atom is -0.00755 e. The van der Waals surface area contributed by atoms with Crippen molar-refractivity contribution in [3.05, 3.63) is 23.3 Å². The Labute approximate surface area is 119 Å². The minimum Gasteiger partial charge on any atom is -0.0801 e. The van der Waals surface area contributed by atoms with Crippen LogP contribution in [0.25, 0.3) is 0 Å². The topological polar surface area (TPSA) is 0 Å². The normalized spacial score (nSPS) is 29.8. The van der Waals surface area contributed by atoms with E-state index >= 15 is 0 Å². The summed E-state index contributed by atoms with van der Waals surface area (Å²) in [7, 11) is 0. The highest BCUT2D eigenvalue weighted by atomic mass is 14.4. The molecule has 3 aliphatic carbocycles. The molecular weight excluding hydrogens is 228 g/mol. The molecule has 3 aliphatic rings. The summed E-state index contributed by atoms with van der Waals surface area (Å²) in [5, 5.41) is 0. The smallest absolute Gasteiger partial charge is 0.00755 e. The summed E-state index contributed by atoms with van der Waals surface area (Å²) < 4.78 is 0. The van der Waals surface area contributed by atoms with E-state index in [9.17, 15) is 0 Å². The molecule has 0 heteroatoms. The standard InChI is InChI=1S/C19H30/c1-18(12-5-3-6-13-18)16-10-9-11-17(16)19(2)14-7-4-8-15-19/h9-10H,3-8,11-15H2,1-2H3. The molecule has 0 aromatic rings. The molecule has 0 unspecified atom stereocenters. The Morgan fingerprint density at radius 1 is 0.737 bits per heavy atom. The Morgan fingerprint density at radius 2 is 1.26 bits per heavy atom. The average molecular weight is 258 g/mol. The van der Waals surface area contributed by atoms with Gasteiger partial charge in [0, 0.05) is 0 Å². The molecule has 19 heavy (non-hydrogen) atoms. The van der Waals surface area contributed by atoms with Crippen molar-refractivity contribution in [3.8, 4) is 0 Å². The van der Waals surface area contributed by atoms with Crippen LogP contribution >= 0.6 is 0 Å². The van der Waals surface area contributed by atoms with Crippen molar-refractivity contribution >= 4 is 0 Å². The number of allylic oxidation sites excluding steroid dienone is 4. The molecule has 0 aliphatic heterocycles. The first-order valence-corrected chi connectivity index (χ1v) is 8.55. The van der Waals surface area contributed by atoms with Gasteiger partial charge < -0.3 is 0 Å². The summed E-state index contributed by atoms with van der Waals surface area (Å²) in [6.07, 6.45) is 20.6. The largest absolute Gasteiger partial charge is 0.0801 e. The Kier molecular flexibility index (Phi) is 3.62. The summed E-state index contributed by atoms with van der Waals surface area (Å²) >= 11 is 0. The highest BCUT2D eigenvalue weighted by molar-refractivity contribution is 5.42. The molecule has 0 spiro atoms. The van der Waals surface area contributed by atoms with Gasteiger partial charge in [-0.3, -0.25) is 0 Å². The van der Waals surface area contributed by atoms with E-state index < -0.39 is 0 Å². The van der Waals surface area contributed by atoms with E-state index in [0.717, 1.165) is 0 Å². The van der Waals surface area contributed by atoms with Crippen LogP contribution in [0.4, 0.5) is 0 Å². The van der Waals surface area contributed by atoms with E-state index in [1.165, 1.54) is 70.6 Å². The molecule has 0 bridgehead atoms. The molecule has 0 amide bonds. The minimum atomic E-state index is 0.501. The monoisotopic (exact) mass is 258 g/mol. The lowest BCUT2D eigenvalue weighted by Crippen LogP contribution is -2.28. The molecule has 0 aromatic carbocycles. The van der Waals surface area contributed by atoms with E-state index in [2.05, 4.69) is 26.0 Å². The Morgan fingerprint density at radius 3 is 1.84 bits per heavy atom. The molecule has 0 radical (unpaired) electrons. The van der Waals surface area contributed by atoms with Crippen LogP contribution in [-0.4, -0.2) is 0 Å². The molecule has 0 nitrogen and oxygen atoms in total. The van der Waals surface area contributed by atoms with Gasteiger partial charge in [-0.05, 0) is 48.5 Å². The lowest BCUT2D eigenvalue weighted by atomic mass is 9.63. The van der Waals surface area contributed by atoms with E-state index in [0.29, 0.717) is 10.8 Å². The summed E-state index contributed by atoms with van der Waals surface area (Å²) in [6, 6.07) is 0. The van der Waals surface area contributed by atoms with Crippen LogP contribution < -0.4 is 0 Å². The van der Waals surface area contributed by atoms with Crippen molar-refractivity contribution in [2.75, 3.05) is 0 Å². The van der Waals surface area contributed by atoms with Crippen molar-refractivity contribution in [2.45, 2.75) is 84.5 Å². The van der Waals surface area contributed by atoms with Gasteiger partial charge in [0.2, 0.25) is 0 Å². The lowest BCUT2D eigenvalue weighted by Gasteiger charge is -2.41. The summed E-state index contributed by atoms with van der Waals surface area (Å²) in [4.78, 5) is 0. The van der Waals surface area contributed by atoms with Crippen molar-refractivity contribution in [1.29, 1.82) is 0 Å². The second kappa shape index (κ2) is 5.11. The Balaban J connectivity index is 1.91. The molecule has 0 saturated heterocycles. The molecule has 106 valence electrons. The molecule has 0 N–H and O–H groups in total. The van der Waals surface area contributed by atoms with Crippen LogP contribution in [0.3, 0.4) is 0 Å². The molecule has 2 fully saturated rings. The van der Waals surface area contributed by atoms with Gasteiger partial charge in [0.25, 0.3) is 0 Å². The predicted molar refractivity (Wildman–Crippen MR) is 83.2 cm³/mol. The van der Waals surface area contributed by atoms with Gasteiger partial charge in [-0.25, -0.2) is 0 Å². The SMILES string of the molecule is CC1(C2=C(C3(C)CCCCC3)CC=C2)CCCCC1. The fourth-order valence-electron chi connectivity index (χ4n) is 4.88. The average Bonchev–Trinajstić information content (AvgIpc) is 2.91. The van der Waals surface area contributed by atoms with E-state index in [1.807, 2.05) is 5.57 Å². The quantitative estimate of drug-likeness (QED) is 0.554. The molecule has 0 heterocycles. The fraction of sp³-hybridized carbons (Fsp3) is 0.789. The zero-order chi connectivity index (χ0) is 13.3. The number of hydrogen-bond donors (Lipinski definition) is 0. The van der Waals surface area contributed by atoms with Gasteiger partial charge in [-0.15, -0.1) is 0 Å².